The van der Waals surface area contributed by atoms with Gasteiger partial charge in [0.05, 0.1) is 12.7 Å². The van der Waals surface area contributed by atoms with Crippen molar-refractivity contribution in [1.82, 2.24) is 15.6 Å². The number of nitrogen functional groups attached to an aromatic ring is 1. The second-order valence-electron chi connectivity index (χ2n) is 7.28. The van der Waals surface area contributed by atoms with Crippen LogP contribution in [-0.4, -0.2) is 51.0 Å². The maximum Gasteiger partial charge on any atom is 0.338 e. The second-order valence-corrected chi connectivity index (χ2v) is 7.28. The van der Waals surface area contributed by atoms with E-state index in [-0.39, 0.29) is 11.4 Å². The molecular formula is C24H32FN5O3. The molecule has 0 bridgehead atoms. The fourth-order valence-corrected chi connectivity index (χ4v) is 3.37. The average Bonchev–Trinajstić information content (AvgIpc) is 2.82. The van der Waals surface area contributed by atoms with E-state index in [9.17, 15) is 9.18 Å². The summed E-state index contributed by atoms with van der Waals surface area (Å²) in [6.07, 6.45) is 0.954. The molecule has 0 fully saturated rings. The van der Waals surface area contributed by atoms with E-state index in [1.807, 2.05) is 20.9 Å². The number of benzene rings is 1. The van der Waals surface area contributed by atoms with Gasteiger partial charge in [0.25, 0.3) is 0 Å². The van der Waals surface area contributed by atoms with Crippen LogP contribution in [0.5, 0.6) is 5.75 Å². The molecule has 0 saturated carbocycles. The van der Waals surface area contributed by atoms with E-state index in [4.69, 9.17) is 15.2 Å². The van der Waals surface area contributed by atoms with Gasteiger partial charge < -0.3 is 25.8 Å². The number of allylic oxidation sites excluding steroid dienone is 1. The lowest BCUT2D eigenvalue weighted by molar-refractivity contribution is 0.0595. The number of ether oxygens (including phenoxy) is 2. The highest BCUT2D eigenvalue weighted by molar-refractivity contribution is 6.23. The first-order valence-corrected chi connectivity index (χ1v) is 10.6. The summed E-state index contributed by atoms with van der Waals surface area (Å²) in [6, 6.07) is 5.59. The molecule has 9 heteroatoms. The van der Waals surface area contributed by atoms with Gasteiger partial charge in [-0.15, -0.1) is 0 Å². The Hall–Kier alpha value is -3.46. The number of likely N-dealkylation sites (N-methyl/N-ethyl adjacent to an activating group) is 2. The molecule has 0 spiro atoms. The van der Waals surface area contributed by atoms with Gasteiger partial charge in [-0.25, -0.2) is 14.2 Å². The maximum absolute atomic E-state index is 13.9. The van der Waals surface area contributed by atoms with E-state index in [0.29, 0.717) is 17.9 Å². The summed E-state index contributed by atoms with van der Waals surface area (Å²) in [5.74, 6) is -0.595. The smallest absolute Gasteiger partial charge is 0.338 e. The standard InChI is InChI=1S/C24H32FN5O3/c1-7-29-13-20(28-5)22(14(2)27-4)16-10-21(23(26)30-12-16)33-15(3)19-11-17(25)8-9-18(19)24(31)32-6/h8-12,15,28-29H,7,13H2,1-6H3,(H2,26,30)/b22-20+,27-14-. The Balaban J connectivity index is 2.52. The summed E-state index contributed by atoms with van der Waals surface area (Å²) in [5, 5.41) is 6.53. The Kier molecular flexibility index (Phi) is 9.35. The molecular weight excluding hydrogens is 425 g/mol. The number of aromatic nitrogens is 1. The van der Waals surface area contributed by atoms with Crippen molar-refractivity contribution in [2.45, 2.75) is 26.9 Å². The Labute approximate surface area is 194 Å². The number of aliphatic imine (C=N–C) groups is 1. The Bertz CT molecular complexity index is 1050. The summed E-state index contributed by atoms with van der Waals surface area (Å²) in [5.41, 5.74) is 10.0. The van der Waals surface area contributed by atoms with E-state index in [1.54, 1.807) is 26.2 Å². The normalized spacial score (nSPS) is 13.2. The molecule has 0 amide bonds. The number of carbonyl (C=O) groups is 1. The van der Waals surface area contributed by atoms with Crippen molar-refractivity contribution in [3.63, 3.8) is 0 Å². The van der Waals surface area contributed by atoms with Gasteiger partial charge in [-0.2, -0.15) is 0 Å². The van der Waals surface area contributed by atoms with Crippen LogP contribution in [0.1, 0.15) is 48.4 Å². The molecule has 33 heavy (non-hydrogen) atoms. The molecule has 0 aliphatic rings. The summed E-state index contributed by atoms with van der Waals surface area (Å²) in [6.45, 7) is 7.06. The van der Waals surface area contributed by atoms with Gasteiger partial charge >= 0.3 is 5.97 Å². The van der Waals surface area contributed by atoms with Crippen LogP contribution >= 0.6 is 0 Å². The lowest BCUT2D eigenvalue weighted by Crippen LogP contribution is -2.25. The number of nitrogens with one attached hydrogen (secondary N) is 2. The Morgan fingerprint density at radius 1 is 1.33 bits per heavy atom. The predicted octanol–water partition coefficient (Wildman–Crippen LogP) is 3.36. The maximum atomic E-state index is 13.9. The topological polar surface area (TPSA) is 111 Å². The molecule has 1 unspecified atom stereocenters. The summed E-state index contributed by atoms with van der Waals surface area (Å²) in [4.78, 5) is 20.8. The van der Waals surface area contributed by atoms with Crippen molar-refractivity contribution < 1.29 is 18.7 Å². The first-order valence-electron chi connectivity index (χ1n) is 10.6. The van der Waals surface area contributed by atoms with Crippen LogP contribution in [0.15, 0.2) is 41.2 Å². The molecule has 8 nitrogen and oxygen atoms in total. The molecule has 1 atom stereocenters. The minimum Gasteiger partial charge on any atom is -0.482 e. The first-order chi connectivity index (χ1) is 15.8. The third-order valence-electron chi connectivity index (χ3n) is 5.18. The molecule has 4 N–H and O–H groups in total. The molecule has 0 saturated heterocycles. The van der Waals surface area contributed by atoms with Gasteiger partial charge in [-0.05, 0) is 44.7 Å². The minimum absolute atomic E-state index is 0.171. The summed E-state index contributed by atoms with van der Waals surface area (Å²) < 4.78 is 24.8. The predicted molar refractivity (Wildman–Crippen MR) is 129 cm³/mol. The molecule has 1 aromatic carbocycles. The number of hydrogen-bond donors (Lipinski definition) is 3. The SMILES string of the molecule is CCNC/C(NC)=C(/C(C)=N\C)c1cnc(N)c(OC(C)c2cc(F)ccc2C(=O)OC)c1. The molecule has 1 aromatic heterocycles. The van der Waals surface area contributed by atoms with E-state index in [2.05, 4.69) is 20.6 Å². The molecule has 0 aliphatic carbocycles. The van der Waals surface area contributed by atoms with Gasteiger partial charge in [0.1, 0.15) is 11.9 Å². The van der Waals surface area contributed by atoms with E-state index >= 15 is 0 Å². The van der Waals surface area contributed by atoms with Crippen LogP contribution < -0.4 is 21.1 Å². The lowest BCUT2D eigenvalue weighted by Gasteiger charge is -2.20. The van der Waals surface area contributed by atoms with E-state index < -0.39 is 17.9 Å². The highest BCUT2D eigenvalue weighted by Gasteiger charge is 2.21. The molecule has 2 aromatic rings. The van der Waals surface area contributed by atoms with Gasteiger partial charge in [0, 0.05) is 54.9 Å². The number of rotatable bonds is 10. The number of halogens is 1. The van der Waals surface area contributed by atoms with Crippen molar-refractivity contribution in [2.24, 2.45) is 4.99 Å². The third kappa shape index (κ3) is 6.29. The Morgan fingerprint density at radius 2 is 2.06 bits per heavy atom. The van der Waals surface area contributed by atoms with Crippen LogP contribution in [-0.2, 0) is 4.74 Å². The quantitative estimate of drug-likeness (QED) is 0.371. The molecule has 178 valence electrons. The highest BCUT2D eigenvalue weighted by atomic mass is 19.1. The number of carbonyl (C=O) groups excluding carboxylic acids is 1. The molecule has 1 heterocycles. The van der Waals surface area contributed by atoms with Crippen molar-refractivity contribution in [3.05, 3.63) is 58.7 Å². The summed E-state index contributed by atoms with van der Waals surface area (Å²) in [7, 11) is 4.83. The highest BCUT2D eigenvalue weighted by Crippen LogP contribution is 2.31. The number of hydrogen-bond acceptors (Lipinski definition) is 8. The van der Waals surface area contributed by atoms with Gasteiger partial charge in [0.2, 0.25) is 0 Å². The van der Waals surface area contributed by atoms with Gasteiger partial charge in [-0.3, -0.25) is 4.99 Å². The largest absolute Gasteiger partial charge is 0.482 e. The first kappa shape index (κ1) is 25.8. The number of nitrogens with two attached hydrogens (primary N) is 1. The van der Waals surface area contributed by atoms with Gasteiger partial charge in [0.15, 0.2) is 11.6 Å². The number of methoxy groups -OCH3 is 1. The minimum atomic E-state index is -0.701. The van der Waals surface area contributed by atoms with Gasteiger partial charge in [-0.1, -0.05) is 6.92 Å². The molecule has 0 radical (unpaired) electrons. The van der Waals surface area contributed by atoms with Crippen LogP contribution in [0.3, 0.4) is 0 Å². The van der Waals surface area contributed by atoms with Crippen molar-refractivity contribution in [2.75, 3.05) is 40.0 Å². The molecule has 0 aliphatic heterocycles. The zero-order chi connectivity index (χ0) is 24.5. The Morgan fingerprint density at radius 3 is 2.67 bits per heavy atom. The van der Waals surface area contributed by atoms with E-state index in [1.165, 1.54) is 25.3 Å². The zero-order valence-corrected chi connectivity index (χ0v) is 20.0. The monoisotopic (exact) mass is 457 g/mol. The lowest BCUT2D eigenvalue weighted by atomic mass is 10.00. The second kappa shape index (κ2) is 12.0. The number of pyridine rings is 1. The summed E-state index contributed by atoms with van der Waals surface area (Å²) >= 11 is 0. The van der Waals surface area contributed by atoms with E-state index in [0.717, 1.165) is 29.1 Å². The van der Waals surface area contributed by atoms with Crippen molar-refractivity contribution in [1.29, 1.82) is 0 Å². The number of esters is 1. The third-order valence-corrected chi connectivity index (χ3v) is 5.18. The van der Waals surface area contributed by atoms with Crippen molar-refractivity contribution in [3.8, 4) is 5.75 Å². The van der Waals surface area contributed by atoms with Crippen LogP contribution in [0.25, 0.3) is 5.57 Å². The molecule has 2 rings (SSSR count). The fourth-order valence-electron chi connectivity index (χ4n) is 3.37. The fraction of sp³-hybridized carbons (Fsp3) is 0.375. The number of nitrogens with zero attached hydrogens (tertiary/aromatic N) is 2. The van der Waals surface area contributed by atoms with Crippen LogP contribution in [0, 0.1) is 5.82 Å². The zero-order valence-electron chi connectivity index (χ0n) is 20.0. The van der Waals surface area contributed by atoms with Crippen LogP contribution in [0.2, 0.25) is 0 Å². The van der Waals surface area contributed by atoms with Crippen molar-refractivity contribution >= 4 is 23.1 Å². The average molecular weight is 458 g/mol. The number of anilines is 1. The van der Waals surface area contributed by atoms with Crippen LogP contribution in [0.4, 0.5) is 10.2 Å².